The normalized spacial score (nSPS) is 18.7. The van der Waals surface area contributed by atoms with Crippen molar-refractivity contribution in [3.8, 4) is 0 Å². The Morgan fingerprint density at radius 2 is 2.00 bits per heavy atom. The molecule has 7 heteroatoms. The molecule has 26 heavy (non-hydrogen) atoms. The number of amides is 1. The molecule has 2 aliphatic heterocycles. The number of nitrogens with one attached hydrogen (secondary N) is 1. The van der Waals surface area contributed by atoms with Crippen LogP contribution in [0.2, 0.25) is 5.02 Å². The lowest BCUT2D eigenvalue weighted by molar-refractivity contribution is 0.0607. The number of likely N-dealkylation sites (tertiary alicyclic amines) is 1. The molecule has 0 aliphatic carbocycles. The molecule has 0 unspecified atom stereocenters. The van der Waals surface area contributed by atoms with Gasteiger partial charge in [0.2, 0.25) is 0 Å². The third-order valence-electron chi connectivity index (χ3n) is 5.61. The molecule has 5 nitrogen and oxygen atoms in total. The summed E-state index contributed by atoms with van der Waals surface area (Å²) in [4.78, 5) is 14.7. The van der Waals surface area contributed by atoms with Crippen molar-refractivity contribution < 1.29 is 4.79 Å². The van der Waals surface area contributed by atoms with Gasteiger partial charge >= 0.3 is 0 Å². The predicted molar refractivity (Wildman–Crippen MR) is 105 cm³/mol. The number of aromatic nitrogens is 2. The van der Waals surface area contributed by atoms with Crippen molar-refractivity contribution in [3.63, 3.8) is 0 Å². The molecule has 1 aromatic heterocycles. The van der Waals surface area contributed by atoms with E-state index in [1.165, 1.54) is 6.42 Å². The van der Waals surface area contributed by atoms with Gasteiger partial charge in [0.15, 0.2) is 0 Å². The largest absolute Gasteiger partial charge is 0.339 e. The highest BCUT2D eigenvalue weighted by atomic mass is 35.5. The summed E-state index contributed by atoms with van der Waals surface area (Å²) >= 11 is 6.20. The minimum atomic E-state index is 0. The summed E-state index contributed by atoms with van der Waals surface area (Å²) in [5, 5.41) is 8.52. The third-order valence-corrected chi connectivity index (χ3v) is 5.98. The first-order valence-electron chi connectivity index (χ1n) is 8.91. The zero-order chi connectivity index (χ0) is 17.3. The van der Waals surface area contributed by atoms with E-state index in [9.17, 15) is 4.79 Å². The number of benzene rings is 1. The fourth-order valence-corrected chi connectivity index (χ4v) is 4.15. The number of hydrogen-bond donors (Lipinski definition) is 1. The van der Waals surface area contributed by atoms with Crippen LogP contribution in [0.4, 0.5) is 0 Å². The highest BCUT2D eigenvalue weighted by molar-refractivity contribution is 6.31. The van der Waals surface area contributed by atoms with E-state index in [4.69, 9.17) is 11.6 Å². The number of piperidine rings is 1. The molecule has 0 bridgehead atoms. The van der Waals surface area contributed by atoms with Gasteiger partial charge in [-0.05, 0) is 42.9 Å². The van der Waals surface area contributed by atoms with Gasteiger partial charge in [0, 0.05) is 30.9 Å². The maximum atomic E-state index is 12.8. The zero-order valence-corrected chi connectivity index (χ0v) is 16.2. The van der Waals surface area contributed by atoms with Crippen LogP contribution in [-0.4, -0.2) is 46.8 Å². The summed E-state index contributed by atoms with van der Waals surface area (Å²) in [5.41, 5.74) is 2.08. The molecule has 1 aromatic carbocycles. The van der Waals surface area contributed by atoms with E-state index in [-0.39, 0.29) is 18.3 Å². The van der Waals surface area contributed by atoms with Crippen LogP contribution in [0.15, 0.2) is 36.7 Å². The Morgan fingerprint density at radius 3 is 2.69 bits per heavy atom. The first-order chi connectivity index (χ1) is 12.2. The molecule has 2 aromatic rings. The molecule has 2 saturated heterocycles. The van der Waals surface area contributed by atoms with Crippen molar-refractivity contribution in [1.29, 1.82) is 0 Å². The fourth-order valence-electron chi connectivity index (χ4n) is 3.95. The molecular formula is C19H24Cl2N4O. The monoisotopic (exact) mass is 394 g/mol. The highest BCUT2D eigenvalue weighted by Gasteiger charge is 2.38. The fraction of sp³-hybridized carbons (Fsp3) is 0.474. The molecule has 2 aliphatic rings. The minimum Gasteiger partial charge on any atom is -0.339 e. The summed E-state index contributed by atoms with van der Waals surface area (Å²) in [6.07, 6.45) is 6.93. The van der Waals surface area contributed by atoms with Crippen LogP contribution in [0.25, 0.3) is 0 Å². The lowest BCUT2D eigenvalue weighted by Gasteiger charge is -2.38. The molecule has 1 spiro atoms. The number of carbonyl (C=O) groups is 1. The van der Waals surface area contributed by atoms with Crippen molar-refractivity contribution >= 4 is 29.9 Å². The quantitative estimate of drug-likeness (QED) is 0.868. The van der Waals surface area contributed by atoms with E-state index >= 15 is 0 Å². The van der Waals surface area contributed by atoms with E-state index in [1.54, 1.807) is 10.9 Å². The second kappa shape index (κ2) is 7.99. The van der Waals surface area contributed by atoms with Crippen LogP contribution in [-0.2, 0) is 6.54 Å². The number of carbonyl (C=O) groups excluding carboxylic acids is 1. The summed E-state index contributed by atoms with van der Waals surface area (Å²) in [6, 6.07) is 7.71. The topological polar surface area (TPSA) is 50.2 Å². The van der Waals surface area contributed by atoms with Gasteiger partial charge in [-0.2, -0.15) is 5.10 Å². The molecule has 4 rings (SSSR count). The van der Waals surface area contributed by atoms with Gasteiger partial charge in [-0.1, -0.05) is 29.8 Å². The standard InChI is InChI=1S/C19H23ClN4O.ClH/c20-17-4-2-1-3-15(17)12-24-13-16(11-22-24)18(25)23-9-6-19(7-10-23)5-8-21-14-19;/h1-4,11,13,21H,5-10,12,14H2;1H. The molecule has 0 saturated carbocycles. The summed E-state index contributed by atoms with van der Waals surface area (Å²) in [5.74, 6) is 0.0891. The third kappa shape index (κ3) is 3.90. The molecular weight excluding hydrogens is 371 g/mol. The second-order valence-corrected chi connectivity index (χ2v) is 7.64. The maximum absolute atomic E-state index is 12.8. The minimum absolute atomic E-state index is 0. The van der Waals surface area contributed by atoms with E-state index in [0.717, 1.165) is 49.6 Å². The van der Waals surface area contributed by atoms with E-state index in [2.05, 4.69) is 10.4 Å². The number of hydrogen-bond acceptors (Lipinski definition) is 3. The number of nitrogens with zero attached hydrogens (tertiary/aromatic N) is 3. The van der Waals surface area contributed by atoms with E-state index in [1.807, 2.05) is 35.4 Å². The van der Waals surface area contributed by atoms with Crippen molar-refractivity contribution in [3.05, 3.63) is 52.8 Å². The smallest absolute Gasteiger partial charge is 0.257 e. The van der Waals surface area contributed by atoms with Crippen molar-refractivity contribution in [2.24, 2.45) is 5.41 Å². The van der Waals surface area contributed by atoms with Crippen LogP contribution in [0.1, 0.15) is 35.2 Å². The molecule has 1 amide bonds. The molecule has 3 heterocycles. The van der Waals surface area contributed by atoms with E-state index < -0.39 is 0 Å². The highest BCUT2D eigenvalue weighted by Crippen LogP contribution is 2.37. The van der Waals surface area contributed by atoms with Crippen LogP contribution < -0.4 is 5.32 Å². The second-order valence-electron chi connectivity index (χ2n) is 7.24. The van der Waals surface area contributed by atoms with Crippen molar-refractivity contribution in [2.75, 3.05) is 26.2 Å². The Morgan fingerprint density at radius 1 is 1.23 bits per heavy atom. The van der Waals surface area contributed by atoms with Gasteiger partial charge in [-0.25, -0.2) is 0 Å². The van der Waals surface area contributed by atoms with Gasteiger partial charge in [-0.3, -0.25) is 9.48 Å². The summed E-state index contributed by atoms with van der Waals surface area (Å²) in [6.45, 7) is 4.47. The average molecular weight is 395 g/mol. The van der Waals surface area contributed by atoms with Gasteiger partial charge in [0.1, 0.15) is 0 Å². The van der Waals surface area contributed by atoms with Gasteiger partial charge in [0.05, 0.1) is 18.3 Å². The van der Waals surface area contributed by atoms with Crippen LogP contribution in [0.3, 0.4) is 0 Å². The van der Waals surface area contributed by atoms with Crippen LogP contribution in [0.5, 0.6) is 0 Å². The first-order valence-corrected chi connectivity index (χ1v) is 9.29. The molecule has 0 radical (unpaired) electrons. The number of halogens is 2. The maximum Gasteiger partial charge on any atom is 0.257 e. The predicted octanol–water partition coefficient (Wildman–Crippen LogP) is 3.22. The summed E-state index contributed by atoms with van der Waals surface area (Å²) < 4.78 is 1.78. The van der Waals surface area contributed by atoms with E-state index in [0.29, 0.717) is 17.5 Å². The Bertz CT molecular complexity index is 760. The molecule has 2 fully saturated rings. The van der Waals surface area contributed by atoms with Gasteiger partial charge < -0.3 is 10.2 Å². The Labute approximate surface area is 165 Å². The SMILES string of the molecule is Cl.O=C(c1cnn(Cc2ccccc2Cl)c1)N1CCC2(CCNC2)CC1. The van der Waals surface area contributed by atoms with Gasteiger partial charge in [0.25, 0.3) is 5.91 Å². The molecule has 1 N–H and O–H groups in total. The first kappa shape index (κ1) is 19.2. The lowest BCUT2D eigenvalue weighted by Crippen LogP contribution is -2.43. The Balaban J connectivity index is 0.00000196. The Kier molecular flexibility index (Phi) is 5.90. The molecule has 0 atom stereocenters. The van der Waals surface area contributed by atoms with Crippen LogP contribution in [0, 0.1) is 5.41 Å². The Hall–Kier alpha value is -1.56. The van der Waals surface area contributed by atoms with Crippen molar-refractivity contribution in [2.45, 2.75) is 25.8 Å². The average Bonchev–Trinajstić information content (AvgIpc) is 3.27. The zero-order valence-electron chi connectivity index (χ0n) is 14.7. The molecule has 140 valence electrons. The number of rotatable bonds is 3. The van der Waals surface area contributed by atoms with Crippen LogP contribution >= 0.6 is 24.0 Å². The lowest BCUT2D eigenvalue weighted by atomic mass is 9.78. The van der Waals surface area contributed by atoms with Gasteiger partial charge in [-0.15, -0.1) is 12.4 Å². The summed E-state index contributed by atoms with van der Waals surface area (Å²) in [7, 11) is 0. The van der Waals surface area contributed by atoms with Crippen molar-refractivity contribution in [1.82, 2.24) is 20.0 Å².